The number of halogens is 3. The monoisotopic (exact) mass is 476 g/mol. The van der Waals surface area contributed by atoms with E-state index in [4.69, 9.17) is 0 Å². The number of nitrogens with zero attached hydrogens (tertiary/aromatic N) is 2. The minimum Gasteiger partial charge on any atom is -0.375 e. The number of aromatic nitrogens is 1. The summed E-state index contributed by atoms with van der Waals surface area (Å²) in [5.41, 5.74) is -0.201. The fourth-order valence-corrected chi connectivity index (χ4v) is 5.11. The van der Waals surface area contributed by atoms with Crippen LogP contribution in [0.1, 0.15) is 40.8 Å². The van der Waals surface area contributed by atoms with Gasteiger partial charge in [0.15, 0.2) is 5.60 Å². The van der Waals surface area contributed by atoms with Gasteiger partial charge in [-0.05, 0) is 60.8 Å². The number of hydrogen-bond donors (Lipinski definition) is 1. The summed E-state index contributed by atoms with van der Waals surface area (Å²) >= 11 is 0. The average molecular weight is 477 g/mol. The van der Waals surface area contributed by atoms with Crippen LogP contribution in [0.5, 0.6) is 0 Å². The van der Waals surface area contributed by atoms with Crippen LogP contribution in [0.25, 0.3) is 5.69 Å². The van der Waals surface area contributed by atoms with Crippen LogP contribution < -0.4 is 0 Å². The highest BCUT2D eigenvalue weighted by atomic mass is 19.4. The molecule has 180 valence electrons. The molecule has 4 aromatic rings. The first-order valence-electron chi connectivity index (χ1n) is 11.8. The fraction of sp³-hybridized carbons (Fsp3) is 0.241. The van der Waals surface area contributed by atoms with Gasteiger partial charge in [-0.3, -0.25) is 4.90 Å². The summed E-state index contributed by atoms with van der Waals surface area (Å²) in [6, 6.07) is 25.9. The lowest BCUT2D eigenvalue weighted by Crippen LogP contribution is -2.32. The lowest BCUT2D eigenvalue weighted by atomic mass is 9.83. The third-order valence-corrected chi connectivity index (χ3v) is 6.76. The van der Waals surface area contributed by atoms with E-state index in [1.807, 2.05) is 36.4 Å². The molecule has 1 N–H and O–H groups in total. The highest BCUT2D eigenvalue weighted by Gasteiger charge is 2.40. The number of alkyl halides is 3. The Bertz CT molecular complexity index is 1240. The van der Waals surface area contributed by atoms with Gasteiger partial charge in [0.25, 0.3) is 0 Å². The maximum atomic E-state index is 14.3. The largest absolute Gasteiger partial charge is 0.418 e. The Hall–Kier alpha value is -3.35. The summed E-state index contributed by atoms with van der Waals surface area (Å²) in [5.74, 6) is 0. The number of benzene rings is 3. The van der Waals surface area contributed by atoms with Crippen molar-refractivity contribution < 1.29 is 18.3 Å². The van der Waals surface area contributed by atoms with Gasteiger partial charge in [-0.1, -0.05) is 72.8 Å². The zero-order valence-corrected chi connectivity index (χ0v) is 19.2. The third kappa shape index (κ3) is 4.40. The smallest absolute Gasteiger partial charge is 0.375 e. The zero-order valence-electron chi connectivity index (χ0n) is 19.2. The molecule has 35 heavy (non-hydrogen) atoms. The first-order valence-corrected chi connectivity index (χ1v) is 11.8. The Morgan fingerprint density at radius 3 is 1.89 bits per heavy atom. The Morgan fingerprint density at radius 1 is 0.714 bits per heavy atom. The molecule has 0 radical (unpaired) electrons. The molecule has 0 unspecified atom stereocenters. The maximum absolute atomic E-state index is 14.3. The van der Waals surface area contributed by atoms with Crippen molar-refractivity contribution in [1.82, 2.24) is 9.47 Å². The Balaban J connectivity index is 1.75. The molecule has 1 aliphatic rings. The first-order chi connectivity index (χ1) is 16.9. The van der Waals surface area contributed by atoms with Crippen molar-refractivity contribution in [3.63, 3.8) is 0 Å². The molecule has 1 aliphatic heterocycles. The summed E-state index contributed by atoms with van der Waals surface area (Å²) in [6.07, 6.45) is -0.838. The molecule has 0 bridgehead atoms. The first kappa shape index (κ1) is 23.4. The van der Waals surface area contributed by atoms with Gasteiger partial charge in [0.05, 0.1) is 16.9 Å². The third-order valence-electron chi connectivity index (χ3n) is 6.76. The van der Waals surface area contributed by atoms with Gasteiger partial charge >= 0.3 is 6.18 Å². The van der Waals surface area contributed by atoms with Gasteiger partial charge < -0.3 is 9.67 Å². The normalized spacial score (nSPS) is 15.0. The highest BCUT2D eigenvalue weighted by molar-refractivity contribution is 5.55. The Kier molecular flexibility index (Phi) is 6.26. The molecule has 0 saturated carbocycles. The van der Waals surface area contributed by atoms with E-state index in [-0.39, 0.29) is 5.69 Å². The second-order valence-electron chi connectivity index (χ2n) is 9.00. The molecular weight excluding hydrogens is 449 g/mol. The molecular formula is C29H27F3N2O. The molecule has 1 fully saturated rings. The van der Waals surface area contributed by atoms with Crippen molar-refractivity contribution in [2.24, 2.45) is 0 Å². The summed E-state index contributed by atoms with van der Waals surface area (Å²) < 4.78 is 44.5. The van der Waals surface area contributed by atoms with Gasteiger partial charge in [0.1, 0.15) is 0 Å². The highest BCUT2D eigenvalue weighted by Crippen LogP contribution is 2.42. The molecule has 0 atom stereocenters. The lowest BCUT2D eigenvalue weighted by molar-refractivity contribution is -0.137. The van der Waals surface area contributed by atoms with Crippen LogP contribution in [0.2, 0.25) is 0 Å². The van der Waals surface area contributed by atoms with Crippen molar-refractivity contribution in [2.45, 2.75) is 31.2 Å². The summed E-state index contributed by atoms with van der Waals surface area (Å²) in [4.78, 5) is 2.18. The van der Waals surface area contributed by atoms with Crippen LogP contribution >= 0.6 is 0 Å². The van der Waals surface area contributed by atoms with Crippen molar-refractivity contribution >= 4 is 0 Å². The molecule has 3 aromatic carbocycles. The maximum Gasteiger partial charge on any atom is 0.418 e. The van der Waals surface area contributed by atoms with E-state index in [0.717, 1.165) is 32.0 Å². The van der Waals surface area contributed by atoms with Gasteiger partial charge in [0, 0.05) is 12.7 Å². The standard InChI is InChI=1S/C29H27F3N2O/c30-29(31,32)25-16-9-11-22(21-33-18-7-8-19-33)27(25)34-20-10-17-26(34)28(35,23-12-3-1-4-13-23)24-14-5-2-6-15-24/h1-6,9-17,20,35H,7-8,18-19,21H2. The SMILES string of the molecule is OC(c1ccccc1)(c1ccccc1)c1cccn1-c1c(CN2CCCC2)cccc1C(F)(F)F. The van der Waals surface area contributed by atoms with Gasteiger partial charge in [-0.2, -0.15) is 13.2 Å². The number of rotatable bonds is 6. The van der Waals surface area contributed by atoms with Gasteiger partial charge in [-0.15, -0.1) is 0 Å². The predicted octanol–water partition coefficient (Wildman–Crippen LogP) is 6.38. The van der Waals surface area contributed by atoms with Crippen LogP contribution in [0.3, 0.4) is 0 Å². The minimum atomic E-state index is -4.55. The molecule has 5 rings (SSSR count). The van der Waals surface area contributed by atoms with Crippen LogP contribution in [-0.4, -0.2) is 27.7 Å². The van der Waals surface area contributed by atoms with Crippen LogP contribution in [-0.2, 0) is 18.3 Å². The fourth-order valence-electron chi connectivity index (χ4n) is 5.11. The molecule has 3 nitrogen and oxygen atoms in total. The van der Waals surface area contributed by atoms with Crippen molar-refractivity contribution in [2.75, 3.05) is 13.1 Å². The summed E-state index contributed by atoms with van der Waals surface area (Å²) in [5, 5.41) is 12.3. The second kappa shape index (κ2) is 9.36. The van der Waals surface area contributed by atoms with E-state index in [1.54, 1.807) is 48.7 Å². The molecule has 1 aromatic heterocycles. The molecule has 1 saturated heterocycles. The average Bonchev–Trinajstić information content (AvgIpc) is 3.57. The van der Waals surface area contributed by atoms with Gasteiger partial charge in [-0.25, -0.2) is 0 Å². The topological polar surface area (TPSA) is 28.4 Å². The van der Waals surface area contributed by atoms with Crippen LogP contribution in [0, 0.1) is 0 Å². The van der Waals surface area contributed by atoms with Crippen molar-refractivity contribution in [3.8, 4) is 5.69 Å². The summed E-state index contributed by atoms with van der Waals surface area (Å²) in [7, 11) is 0. The zero-order chi connectivity index (χ0) is 24.5. The molecule has 0 aliphatic carbocycles. The lowest BCUT2D eigenvalue weighted by Gasteiger charge is -2.32. The van der Waals surface area contributed by atoms with Crippen LogP contribution in [0.15, 0.2) is 97.2 Å². The Labute approximate surface area is 203 Å². The number of para-hydroxylation sites is 1. The van der Waals surface area contributed by atoms with E-state index >= 15 is 0 Å². The molecule has 0 spiro atoms. The number of hydrogen-bond acceptors (Lipinski definition) is 2. The van der Waals surface area contributed by atoms with Crippen molar-refractivity contribution in [3.05, 3.63) is 125 Å². The number of aliphatic hydroxyl groups is 1. The summed E-state index contributed by atoms with van der Waals surface area (Å²) in [6.45, 7) is 2.16. The minimum absolute atomic E-state index is 0.0668. The molecule has 6 heteroatoms. The van der Waals surface area contributed by atoms with E-state index < -0.39 is 17.3 Å². The van der Waals surface area contributed by atoms with Crippen LogP contribution in [0.4, 0.5) is 13.2 Å². The number of likely N-dealkylation sites (tertiary alicyclic amines) is 1. The molecule has 0 amide bonds. The van der Waals surface area contributed by atoms with Crippen molar-refractivity contribution in [1.29, 1.82) is 0 Å². The van der Waals surface area contributed by atoms with E-state index in [0.29, 0.717) is 28.9 Å². The van der Waals surface area contributed by atoms with E-state index in [2.05, 4.69) is 4.90 Å². The molecule has 2 heterocycles. The predicted molar refractivity (Wildman–Crippen MR) is 130 cm³/mol. The van der Waals surface area contributed by atoms with Gasteiger partial charge in [0.2, 0.25) is 0 Å². The quantitative estimate of drug-likeness (QED) is 0.350. The van der Waals surface area contributed by atoms with E-state index in [9.17, 15) is 18.3 Å². The van der Waals surface area contributed by atoms with E-state index in [1.165, 1.54) is 10.6 Å². The second-order valence-corrected chi connectivity index (χ2v) is 9.00. The Morgan fingerprint density at radius 2 is 1.31 bits per heavy atom.